The van der Waals surface area contributed by atoms with Gasteiger partial charge in [0.15, 0.2) is 0 Å². The number of benzene rings is 3. The molecule has 0 radical (unpaired) electrons. The van der Waals surface area contributed by atoms with Crippen molar-refractivity contribution in [1.82, 2.24) is 10.2 Å². The number of hydrogen-bond acceptors (Lipinski definition) is 4. The van der Waals surface area contributed by atoms with Crippen molar-refractivity contribution < 1.29 is 19.5 Å². The molecule has 3 aromatic carbocycles. The maximum atomic E-state index is 14.3. The number of aliphatic hydroxyl groups excluding tert-OH is 1. The molecule has 1 heterocycles. The van der Waals surface area contributed by atoms with Crippen LogP contribution in [0.5, 0.6) is 0 Å². The minimum Gasteiger partial charge on any atom is -0.394 e. The number of hydrogen-bond donors (Lipinski definition) is 3. The smallest absolute Gasteiger partial charge is 0.247 e. The first-order valence-electron chi connectivity index (χ1n) is 13.7. The second kappa shape index (κ2) is 11.4. The standard InChI is InChI=1S/C32H35N3O4/c1-3-9-22-15-17-25-28(27(22)30(37)33-2)32(39)35(26(19-36)21-11-5-4-6-12-21)29(25)31(38)34-24-16-14-20-10-7-8-13-23(20)18-24/h4-8,10-18,22,25-29,36H,3,9,19H2,1-2H3,(H,33,37)(H,34,38)/t22-,25+,26-,27-,28+,29+/m1/s1. The average molecular weight is 526 g/mol. The van der Waals surface area contributed by atoms with E-state index in [0.29, 0.717) is 5.69 Å². The Kier molecular flexibility index (Phi) is 7.79. The Hall–Kier alpha value is -3.97. The predicted molar refractivity (Wildman–Crippen MR) is 152 cm³/mol. The molecule has 0 aromatic heterocycles. The highest BCUT2D eigenvalue weighted by Gasteiger charge is 2.58. The Morgan fingerprint density at radius 1 is 0.949 bits per heavy atom. The highest BCUT2D eigenvalue weighted by atomic mass is 16.3. The van der Waals surface area contributed by atoms with Gasteiger partial charge in [-0.25, -0.2) is 0 Å². The van der Waals surface area contributed by atoms with Crippen molar-refractivity contribution in [1.29, 1.82) is 0 Å². The van der Waals surface area contributed by atoms with Gasteiger partial charge in [0.2, 0.25) is 17.7 Å². The van der Waals surface area contributed by atoms with Crippen molar-refractivity contribution >= 4 is 34.2 Å². The molecule has 3 N–H and O–H groups in total. The predicted octanol–water partition coefficient (Wildman–Crippen LogP) is 4.30. The van der Waals surface area contributed by atoms with Crippen molar-refractivity contribution in [3.05, 3.63) is 90.5 Å². The van der Waals surface area contributed by atoms with Crippen LogP contribution in [-0.4, -0.2) is 47.4 Å². The van der Waals surface area contributed by atoms with Gasteiger partial charge < -0.3 is 20.6 Å². The molecule has 1 saturated heterocycles. The summed E-state index contributed by atoms with van der Waals surface area (Å²) in [7, 11) is 1.58. The Bertz CT molecular complexity index is 1390. The summed E-state index contributed by atoms with van der Waals surface area (Å²) in [4.78, 5) is 43.0. The van der Waals surface area contributed by atoms with Crippen LogP contribution in [0.1, 0.15) is 31.4 Å². The van der Waals surface area contributed by atoms with E-state index in [0.717, 1.165) is 29.2 Å². The minimum atomic E-state index is -0.891. The third-order valence-electron chi connectivity index (χ3n) is 8.20. The Labute approximate surface area is 228 Å². The van der Waals surface area contributed by atoms with Crippen molar-refractivity contribution in [3.8, 4) is 0 Å². The van der Waals surface area contributed by atoms with Gasteiger partial charge in [-0.15, -0.1) is 0 Å². The summed E-state index contributed by atoms with van der Waals surface area (Å²) in [5.41, 5.74) is 1.36. The third-order valence-corrected chi connectivity index (χ3v) is 8.20. The lowest BCUT2D eigenvalue weighted by Gasteiger charge is -2.34. The lowest BCUT2D eigenvalue weighted by Crippen LogP contribution is -2.46. The highest BCUT2D eigenvalue weighted by molar-refractivity contribution is 6.03. The first kappa shape index (κ1) is 26.6. The van der Waals surface area contributed by atoms with Crippen molar-refractivity contribution in [2.75, 3.05) is 19.0 Å². The van der Waals surface area contributed by atoms with E-state index in [1.165, 1.54) is 4.90 Å². The number of nitrogens with zero attached hydrogens (tertiary/aromatic N) is 1. The van der Waals surface area contributed by atoms with E-state index < -0.39 is 29.8 Å². The number of carbonyl (C=O) groups is 3. The summed E-state index contributed by atoms with van der Waals surface area (Å²) in [5.74, 6) is -2.71. The fraction of sp³-hybridized carbons (Fsp3) is 0.344. The van der Waals surface area contributed by atoms with Gasteiger partial charge >= 0.3 is 0 Å². The molecule has 1 aliphatic carbocycles. The molecule has 0 bridgehead atoms. The van der Waals surface area contributed by atoms with Crippen molar-refractivity contribution in [2.45, 2.75) is 31.8 Å². The molecule has 0 saturated carbocycles. The summed E-state index contributed by atoms with van der Waals surface area (Å²) < 4.78 is 0. The fourth-order valence-electron chi connectivity index (χ4n) is 6.43. The number of nitrogens with one attached hydrogen (secondary N) is 2. The van der Waals surface area contributed by atoms with E-state index in [2.05, 4.69) is 17.6 Å². The zero-order chi connectivity index (χ0) is 27.5. The first-order valence-corrected chi connectivity index (χ1v) is 13.7. The van der Waals surface area contributed by atoms with Crippen LogP contribution in [0.4, 0.5) is 5.69 Å². The molecule has 39 heavy (non-hydrogen) atoms. The molecule has 6 atom stereocenters. The molecule has 0 unspecified atom stereocenters. The van der Waals surface area contributed by atoms with Crippen LogP contribution < -0.4 is 10.6 Å². The van der Waals surface area contributed by atoms with E-state index >= 15 is 0 Å². The van der Waals surface area contributed by atoms with E-state index in [9.17, 15) is 19.5 Å². The summed E-state index contributed by atoms with van der Waals surface area (Å²) in [6.45, 7) is 1.71. The lowest BCUT2D eigenvalue weighted by molar-refractivity contribution is -0.143. The summed E-state index contributed by atoms with van der Waals surface area (Å²) in [6.07, 6.45) is 5.59. The van der Waals surface area contributed by atoms with Gasteiger partial charge in [0.25, 0.3) is 0 Å². The first-order chi connectivity index (χ1) is 19.0. The molecule has 1 aliphatic heterocycles. The molecule has 7 nitrogen and oxygen atoms in total. The van der Waals surface area contributed by atoms with Crippen molar-refractivity contribution in [2.24, 2.45) is 23.7 Å². The monoisotopic (exact) mass is 525 g/mol. The highest BCUT2D eigenvalue weighted by Crippen LogP contribution is 2.48. The molecule has 3 aromatic rings. The van der Waals surface area contributed by atoms with Crippen LogP contribution in [0, 0.1) is 23.7 Å². The molecule has 5 rings (SSSR count). The average Bonchev–Trinajstić information content (AvgIpc) is 3.25. The number of fused-ring (bicyclic) bond motifs is 2. The molecule has 0 spiro atoms. The topological polar surface area (TPSA) is 98.7 Å². The molecule has 3 amide bonds. The van der Waals surface area contributed by atoms with Crippen LogP contribution >= 0.6 is 0 Å². The number of anilines is 1. The Balaban J connectivity index is 1.57. The quantitative estimate of drug-likeness (QED) is 0.382. The largest absolute Gasteiger partial charge is 0.394 e. The minimum absolute atomic E-state index is 0.103. The van der Waals surface area contributed by atoms with Gasteiger partial charge in [0.1, 0.15) is 6.04 Å². The van der Waals surface area contributed by atoms with Crippen molar-refractivity contribution in [3.63, 3.8) is 0 Å². The number of likely N-dealkylation sites (tertiary alicyclic amines) is 1. The van der Waals surface area contributed by atoms with Crippen LogP contribution in [0.3, 0.4) is 0 Å². The van der Waals surface area contributed by atoms with Gasteiger partial charge in [-0.2, -0.15) is 0 Å². The SMILES string of the molecule is CCC[C@@H]1C=C[C@H]2[C@H](C(=O)N([C@H](CO)c3ccccc3)[C@@H]2C(=O)Nc2ccc3ccccc3c2)[C@@H]1C(=O)NC. The van der Waals surface area contributed by atoms with E-state index in [4.69, 9.17) is 0 Å². The Morgan fingerprint density at radius 2 is 1.67 bits per heavy atom. The maximum absolute atomic E-state index is 14.3. The van der Waals surface area contributed by atoms with Gasteiger partial charge in [0, 0.05) is 18.7 Å². The van der Waals surface area contributed by atoms with Crippen LogP contribution in [0.15, 0.2) is 84.9 Å². The van der Waals surface area contributed by atoms with Gasteiger partial charge in [-0.05, 0) is 40.8 Å². The van der Waals surface area contributed by atoms with Gasteiger partial charge in [0.05, 0.1) is 24.5 Å². The zero-order valence-corrected chi connectivity index (χ0v) is 22.3. The summed E-state index contributed by atoms with van der Waals surface area (Å²) >= 11 is 0. The number of allylic oxidation sites excluding steroid dienone is 1. The third kappa shape index (κ3) is 4.94. The van der Waals surface area contributed by atoms with E-state index in [-0.39, 0.29) is 30.2 Å². The number of carbonyl (C=O) groups excluding carboxylic acids is 3. The van der Waals surface area contributed by atoms with E-state index in [1.54, 1.807) is 7.05 Å². The maximum Gasteiger partial charge on any atom is 0.247 e. The summed E-state index contributed by atoms with van der Waals surface area (Å²) in [6, 6.07) is 21.2. The van der Waals surface area contributed by atoms with Gasteiger partial charge in [-0.3, -0.25) is 14.4 Å². The molecular formula is C32H35N3O4. The molecular weight excluding hydrogens is 490 g/mol. The molecule has 202 valence electrons. The van der Waals surface area contributed by atoms with Crippen LogP contribution in [-0.2, 0) is 14.4 Å². The number of amides is 3. The normalized spacial score (nSPS) is 24.8. The van der Waals surface area contributed by atoms with Crippen LogP contribution in [0.25, 0.3) is 10.8 Å². The second-order valence-electron chi connectivity index (χ2n) is 10.4. The van der Waals surface area contributed by atoms with E-state index in [1.807, 2.05) is 84.9 Å². The lowest BCUT2D eigenvalue weighted by atomic mass is 9.68. The summed E-state index contributed by atoms with van der Waals surface area (Å²) in [5, 5.41) is 18.4. The number of rotatable bonds is 8. The fourth-order valence-corrected chi connectivity index (χ4v) is 6.43. The molecule has 1 fully saturated rings. The van der Waals surface area contributed by atoms with Gasteiger partial charge in [-0.1, -0.05) is 86.2 Å². The second-order valence-corrected chi connectivity index (χ2v) is 10.4. The van der Waals surface area contributed by atoms with Crippen LogP contribution in [0.2, 0.25) is 0 Å². The zero-order valence-electron chi connectivity index (χ0n) is 22.3. The molecule has 2 aliphatic rings. The molecule has 7 heteroatoms. The Morgan fingerprint density at radius 3 is 2.36 bits per heavy atom. The number of aliphatic hydroxyl groups is 1.